The van der Waals surface area contributed by atoms with Crippen molar-refractivity contribution in [2.45, 2.75) is 34.3 Å². The van der Waals surface area contributed by atoms with Crippen molar-refractivity contribution in [2.24, 2.45) is 17.8 Å². The van der Waals surface area contributed by atoms with Crippen molar-refractivity contribution in [3.05, 3.63) is 63.7 Å². The molecule has 1 saturated carbocycles. The molecular formula is C28H20Cl6N2O5. The minimum Gasteiger partial charge on any atom is -0.426 e. The number of amides is 3. The fraction of sp³-hybridized carbons (Fsp3) is 0.357. The summed E-state index contributed by atoms with van der Waals surface area (Å²) in [5, 5.41) is -0.342. The Hall–Kier alpha value is -2.00. The van der Waals surface area contributed by atoms with E-state index in [1.165, 1.54) is 18.2 Å². The van der Waals surface area contributed by atoms with E-state index >= 15 is 0 Å². The first-order chi connectivity index (χ1) is 19.2. The van der Waals surface area contributed by atoms with Crippen LogP contribution in [0.3, 0.4) is 0 Å². The maximum atomic E-state index is 13.7. The van der Waals surface area contributed by atoms with Crippen molar-refractivity contribution in [2.75, 3.05) is 16.3 Å². The maximum Gasteiger partial charge on any atom is 0.316 e. The molecule has 0 radical (unpaired) electrons. The quantitative estimate of drug-likeness (QED) is 0.166. The lowest BCUT2D eigenvalue weighted by atomic mass is 9.84. The number of allylic oxidation sites excluding steroid dienone is 2. The number of benzene rings is 2. The molecule has 7 nitrogen and oxygen atoms in total. The molecule has 2 heterocycles. The van der Waals surface area contributed by atoms with Crippen molar-refractivity contribution in [3.8, 4) is 5.75 Å². The number of esters is 1. The number of carbonyl (C=O) groups excluding carboxylic acids is 4. The molecule has 3 amide bonds. The number of halogens is 6. The number of rotatable bonds is 4. The van der Waals surface area contributed by atoms with Crippen LogP contribution in [0, 0.1) is 31.6 Å². The molecule has 4 aliphatic rings. The molecule has 2 aliphatic carbocycles. The Morgan fingerprint density at radius 2 is 1.51 bits per heavy atom. The molecule has 5 atom stereocenters. The van der Waals surface area contributed by atoms with Gasteiger partial charge in [-0.3, -0.25) is 19.2 Å². The second kappa shape index (κ2) is 9.50. The average Bonchev–Trinajstić information content (AvgIpc) is 3.50. The van der Waals surface area contributed by atoms with Gasteiger partial charge in [0, 0.05) is 18.7 Å². The first kappa shape index (κ1) is 29.1. The second-order valence-electron chi connectivity index (χ2n) is 10.7. The maximum absolute atomic E-state index is 13.7. The molecular weight excluding hydrogens is 657 g/mol. The molecule has 41 heavy (non-hydrogen) atoms. The van der Waals surface area contributed by atoms with Crippen LogP contribution in [0.1, 0.15) is 17.5 Å². The first-order valence-electron chi connectivity index (χ1n) is 12.5. The van der Waals surface area contributed by atoms with Gasteiger partial charge in [-0.15, -0.1) is 23.2 Å². The Kier molecular flexibility index (Phi) is 6.74. The zero-order valence-electron chi connectivity index (χ0n) is 21.4. The van der Waals surface area contributed by atoms with E-state index in [-0.39, 0.29) is 40.4 Å². The Labute approximate surface area is 265 Å². The van der Waals surface area contributed by atoms with Crippen molar-refractivity contribution >= 4 is 105 Å². The van der Waals surface area contributed by atoms with Crippen molar-refractivity contribution in [3.63, 3.8) is 0 Å². The van der Waals surface area contributed by atoms with Crippen molar-refractivity contribution < 1.29 is 23.9 Å². The molecule has 0 spiro atoms. The Bertz CT molecular complexity index is 1560. The number of aryl methyl sites for hydroxylation is 2. The third-order valence-electron chi connectivity index (χ3n) is 8.31. The normalized spacial score (nSPS) is 31.9. The van der Waals surface area contributed by atoms with Gasteiger partial charge in [-0.05, 0) is 55.3 Å². The van der Waals surface area contributed by atoms with Crippen LogP contribution in [-0.2, 0) is 19.2 Å². The fourth-order valence-electron chi connectivity index (χ4n) is 6.29. The van der Waals surface area contributed by atoms with Crippen LogP contribution >= 0.6 is 69.6 Å². The van der Waals surface area contributed by atoms with E-state index in [0.717, 1.165) is 16.2 Å². The lowest BCUT2D eigenvalue weighted by Crippen LogP contribution is -2.50. The van der Waals surface area contributed by atoms with Crippen LogP contribution in [-0.4, -0.2) is 44.3 Å². The number of nitrogens with zero attached hydrogens (tertiary/aromatic N) is 2. The van der Waals surface area contributed by atoms with E-state index in [0.29, 0.717) is 5.56 Å². The minimum atomic E-state index is -2.02. The van der Waals surface area contributed by atoms with Crippen molar-refractivity contribution in [1.29, 1.82) is 0 Å². The molecule has 0 aromatic heterocycles. The summed E-state index contributed by atoms with van der Waals surface area (Å²) in [4.78, 5) is 51.6. The molecule has 0 N–H and O–H groups in total. The predicted octanol–water partition coefficient (Wildman–Crippen LogP) is 6.21. The standard InChI is InChI=1S/C28H20Cl6N2O5/c1-12-4-3-5-15(8-12)35-11-14(10-18(35)37)25(40)41-16-6-7-17(13(2)9-16)36-23(38)19-20(24(36)39)27(32)22(30)21(29)26(19,31)28(27,33)34/h3-9,14,19-20H,10-11H2,1-2H3/t14-,19-,20-,26-,27-/m1/s1. The van der Waals surface area contributed by atoms with Crippen LogP contribution in [0.2, 0.25) is 0 Å². The van der Waals surface area contributed by atoms with E-state index in [1.807, 2.05) is 31.2 Å². The van der Waals surface area contributed by atoms with Gasteiger partial charge in [0.2, 0.25) is 17.7 Å². The van der Waals surface area contributed by atoms with Gasteiger partial charge in [0.15, 0.2) is 4.33 Å². The Balaban J connectivity index is 1.22. The Morgan fingerprint density at radius 3 is 2.07 bits per heavy atom. The third kappa shape index (κ3) is 3.72. The summed E-state index contributed by atoms with van der Waals surface area (Å²) in [5.74, 6) is -5.08. The van der Waals surface area contributed by atoms with Crippen LogP contribution in [0.4, 0.5) is 11.4 Å². The van der Waals surface area contributed by atoms with Crippen LogP contribution in [0.15, 0.2) is 52.5 Å². The third-order valence-corrected chi connectivity index (χ3v) is 12.6. The molecule has 2 saturated heterocycles. The largest absolute Gasteiger partial charge is 0.426 e. The highest BCUT2D eigenvalue weighted by Gasteiger charge is 2.87. The number of carbonyl (C=O) groups is 4. The summed E-state index contributed by atoms with van der Waals surface area (Å²) in [6.45, 7) is 3.76. The van der Waals surface area contributed by atoms with Gasteiger partial charge in [-0.25, -0.2) is 4.90 Å². The van der Waals surface area contributed by atoms with E-state index in [9.17, 15) is 19.2 Å². The number of hydrogen-bond acceptors (Lipinski definition) is 5. The van der Waals surface area contributed by atoms with Gasteiger partial charge in [0.25, 0.3) is 0 Å². The second-order valence-corrected chi connectivity index (χ2v) is 14.0. The summed E-state index contributed by atoms with van der Waals surface area (Å²) in [7, 11) is 0. The number of ether oxygens (including phenoxy) is 1. The summed E-state index contributed by atoms with van der Waals surface area (Å²) in [5.41, 5.74) is 2.41. The van der Waals surface area contributed by atoms with E-state index < -0.39 is 49.6 Å². The van der Waals surface area contributed by atoms with E-state index in [1.54, 1.807) is 11.8 Å². The van der Waals surface area contributed by atoms with E-state index in [2.05, 4.69) is 0 Å². The van der Waals surface area contributed by atoms with Crippen LogP contribution < -0.4 is 14.5 Å². The molecule has 0 unspecified atom stereocenters. The van der Waals surface area contributed by atoms with Gasteiger partial charge in [0.1, 0.15) is 15.5 Å². The Morgan fingerprint density at radius 1 is 0.902 bits per heavy atom. The molecule has 2 aromatic rings. The van der Waals surface area contributed by atoms with E-state index in [4.69, 9.17) is 74.3 Å². The van der Waals surface area contributed by atoms with Gasteiger partial charge >= 0.3 is 5.97 Å². The minimum absolute atomic E-state index is 0.0194. The lowest BCUT2D eigenvalue weighted by molar-refractivity contribution is -0.139. The van der Waals surface area contributed by atoms with Gasteiger partial charge in [-0.2, -0.15) is 0 Å². The number of alkyl halides is 4. The summed E-state index contributed by atoms with van der Waals surface area (Å²) in [6, 6.07) is 11.9. The van der Waals surface area contributed by atoms with Gasteiger partial charge in [0.05, 0.1) is 33.5 Å². The highest BCUT2D eigenvalue weighted by atomic mass is 35.5. The molecule has 6 rings (SSSR count). The van der Waals surface area contributed by atoms with Gasteiger partial charge < -0.3 is 9.64 Å². The molecule has 13 heteroatoms. The number of anilines is 2. The van der Waals surface area contributed by atoms with Crippen LogP contribution in [0.5, 0.6) is 5.75 Å². The topological polar surface area (TPSA) is 84.0 Å². The molecule has 2 bridgehead atoms. The molecule has 2 aromatic carbocycles. The smallest absolute Gasteiger partial charge is 0.316 e. The zero-order chi connectivity index (χ0) is 29.8. The lowest BCUT2D eigenvalue weighted by Gasteiger charge is -2.34. The first-order valence-corrected chi connectivity index (χ1v) is 14.8. The number of fused-ring (bicyclic) bond motifs is 5. The van der Waals surface area contributed by atoms with Gasteiger partial charge in [-0.1, -0.05) is 58.5 Å². The predicted molar refractivity (Wildman–Crippen MR) is 158 cm³/mol. The average molecular weight is 677 g/mol. The molecule has 3 fully saturated rings. The highest BCUT2D eigenvalue weighted by molar-refractivity contribution is 6.67. The molecule has 214 valence electrons. The summed E-state index contributed by atoms with van der Waals surface area (Å²) >= 11 is 39.4. The molecule has 2 aliphatic heterocycles. The fourth-order valence-corrected chi connectivity index (χ4v) is 9.21. The number of hydrogen-bond donors (Lipinski definition) is 0. The van der Waals surface area contributed by atoms with Crippen LogP contribution in [0.25, 0.3) is 0 Å². The summed E-state index contributed by atoms with van der Waals surface area (Å²) in [6.07, 6.45) is 0.0194. The number of imide groups is 1. The van der Waals surface area contributed by atoms with Crippen molar-refractivity contribution in [1.82, 2.24) is 0 Å². The zero-order valence-corrected chi connectivity index (χ0v) is 25.9. The summed E-state index contributed by atoms with van der Waals surface area (Å²) < 4.78 is 3.57. The highest BCUT2D eigenvalue weighted by Crippen LogP contribution is 2.77. The SMILES string of the molecule is Cc1cccc(N2C[C@H](C(=O)Oc3ccc(N4C(=O)[C@H]5[C@H](C4=O)[C@@]4(Cl)C(Cl)=C(Cl)[C@@]5(Cl)C4(Cl)Cl)c(C)c3)CC2=O)c1. The monoisotopic (exact) mass is 674 g/mol.